The van der Waals surface area contributed by atoms with Crippen LogP contribution in [0.5, 0.6) is 11.5 Å². The Kier molecular flexibility index (Phi) is 7.69. The quantitative estimate of drug-likeness (QED) is 0.323. The van der Waals surface area contributed by atoms with E-state index in [1.54, 1.807) is 6.08 Å². The highest BCUT2D eigenvalue weighted by Crippen LogP contribution is 2.35. The predicted molar refractivity (Wildman–Crippen MR) is 153 cm³/mol. The molecule has 2 aliphatic rings. The summed E-state index contributed by atoms with van der Waals surface area (Å²) in [5.74, 6) is 1.88. The van der Waals surface area contributed by atoms with E-state index in [2.05, 4.69) is 15.3 Å². The molecule has 2 fully saturated rings. The number of nitrogen functional groups attached to an aromatic ring is 1. The van der Waals surface area contributed by atoms with Crippen LogP contribution in [0.2, 0.25) is 0 Å². The zero-order chi connectivity index (χ0) is 27.3. The number of para-hydroxylation sites is 1. The zero-order valence-corrected chi connectivity index (χ0v) is 22.3. The molecule has 0 bridgehead atoms. The van der Waals surface area contributed by atoms with Crippen molar-refractivity contribution in [2.75, 3.05) is 38.6 Å². The molecule has 4 aromatic rings. The number of likely N-dealkylation sites (tertiary alicyclic amines) is 1. The Morgan fingerprint density at radius 3 is 2.62 bits per heavy atom. The summed E-state index contributed by atoms with van der Waals surface area (Å²) in [7, 11) is 0. The summed E-state index contributed by atoms with van der Waals surface area (Å²) < 4.78 is 13.2. The molecular weight excluding hydrogens is 506 g/mol. The van der Waals surface area contributed by atoms with E-state index in [1.165, 1.54) is 6.33 Å². The van der Waals surface area contributed by atoms with Crippen molar-refractivity contribution in [3.05, 3.63) is 73.1 Å². The van der Waals surface area contributed by atoms with Crippen LogP contribution >= 0.6 is 0 Å². The molecule has 0 spiro atoms. The highest BCUT2D eigenvalue weighted by molar-refractivity contribution is 5.98. The molecule has 6 rings (SSSR count). The molecule has 1 amide bonds. The first-order chi connectivity index (χ1) is 19.7. The van der Waals surface area contributed by atoms with Gasteiger partial charge in [0.2, 0.25) is 5.91 Å². The molecular formula is C30H33N7O3. The minimum atomic E-state index is -0.0102. The fourth-order valence-electron chi connectivity index (χ4n) is 5.30. The number of anilines is 1. The molecule has 2 aliphatic heterocycles. The number of amides is 1. The van der Waals surface area contributed by atoms with Gasteiger partial charge in [0.1, 0.15) is 29.3 Å². The van der Waals surface area contributed by atoms with Crippen molar-refractivity contribution in [1.82, 2.24) is 30.0 Å². The molecule has 206 valence electrons. The number of nitrogens with one attached hydrogen (secondary N) is 1. The van der Waals surface area contributed by atoms with E-state index in [9.17, 15) is 4.79 Å². The van der Waals surface area contributed by atoms with Crippen LogP contribution in [-0.4, -0.2) is 69.4 Å². The van der Waals surface area contributed by atoms with E-state index in [0.29, 0.717) is 48.2 Å². The van der Waals surface area contributed by atoms with Crippen LogP contribution in [0.25, 0.3) is 22.3 Å². The third-order valence-electron chi connectivity index (χ3n) is 7.45. The summed E-state index contributed by atoms with van der Waals surface area (Å²) in [5, 5.41) is 9.14. The van der Waals surface area contributed by atoms with Gasteiger partial charge < -0.3 is 25.4 Å². The summed E-state index contributed by atoms with van der Waals surface area (Å²) in [6, 6.07) is 17.8. The van der Waals surface area contributed by atoms with Crippen molar-refractivity contribution in [3.8, 4) is 22.8 Å². The Labute approximate surface area is 232 Å². The number of fused-ring (bicyclic) bond motifs is 1. The lowest BCUT2D eigenvalue weighted by Crippen LogP contribution is -2.35. The Bertz CT molecular complexity index is 1480. The maximum atomic E-state index is 12.9. The van der Waals surface area contributed by atoms with Crippen LogP contribution in [0.4, 0.5) is 5.82 Å². The zero-order valence-electron chi connectivity index (χ0n) is 22.3. The number of aromatic nitrogens is 4. The second kappa shape index (κ2) is 11.8. The first-order valence-corrected chi connectivity index (χ1v) is 13.7. The molecule has 2 aromatic carbocycles. The lowest BCUT2D eigenvalue weighted by molar-refractivity contribution is -0.125. The van der Waals surface area contributed by atoms with Gasteiger partial charge >= 0.3 is 0 Å². The van der Waals surface area contributed by atoms with Gasteiger partial charge in [-0.25, -0.2) is 14.6 Å². The molecule has 0 saturated carbocycles. The van der Waals surface area contributed by atoms with Crippen LogP contribution in [0, 0.1) is 0 Å². The van der Waals surface area contributed by atoms with Crippen LogP contribution in [-0.2, 0) is 9.53 Å². The summed E-state index contributed by atoms with van der Waals surface area (Å²) in [5.41, 5.74) is 8.59. The van der Waals surface area contributed by atoms with Gasteiger partial charge in [0.05, 0.1) is 11.4 Å². The molecule has 0 radical (unpaired) electrons. The number of nitrogens with two attached hydrogens (primary N) is 1. The largest absolute Gasteiger partial charge is 0.457 e. The summed E-state index contributed by atoms with van der Waals surface area (Å²) >= 11 is 0. The maximum Gasteiger partial charge on any atom is 0.246 e. The molecule has 10 heteroatoms. The number of rotatable bonds is 8. The third-order valence-corrected chi connectivity index (χ3v) is 7.45. The first-order valence-electron chi connectivity index (χ1n) is 13.7. The molecule has 4 heterocycles. The number of hydrogen-bond acceptors (Lipinski definition) is 8. The molecule has 2 aromatic heterocycles. The van der Waals surface area contributed by atoms with Crippen LogP contribution in [0.1, 0.15) is 25.3 Å². The van der Waals surface area contributed by atoms with Gasteiger partial charge in [-0.15, -0.1) is 0 Å². The molecule has 0 unspecified atom stereocenters. The Morgan fingerprint density at radius 2 is 1.82 bits per heavy atom. The van der Waals surface area contributed by atoms with E-state index >= 15 is 0 Å². The van der Waals surface area contributed by atoms with Gasteiger partial charge in [0.25, 0.3) is 0 Å². The molecule has 2 saturated heterocycles. The van der Waals surface area contributed by atoms with Crippen molar-refractivity contribution in [1.29, 1.82) is 0 Å². The van der Waals surface area contributed by atoms with Crippen LogP contribution < -0.4 is 15.8 Å². The number of nitrogens with zero attached hydrogens (tertiary/aromatic N) is 5. The van der Waals surface area contributed by atoms with Gasteiger partial charge in [-0.2, -0.15) is 5.10 Å². The lowest BCUT2D eigenvalue weighted by atomic mass is 10.1. The minimum absolute atomic E-state index is 0.0102. The number of hydrogen-bond donors (Lipinski definition) is 2. The lowest BCUT2D eigenvalue weighted by Gasteiger charge is -2.22. The number of carbonyl (C=O) groups excluding carboxylic acids is 1. The normalized spacial score (nSPS) is 18.1. The van der Waals surface area contributed by atoms with Gasteiger partial charge in [0, 0.05) is 50.5 Å². The highest BCUT2D eigenvalue weighted by Gasteiger charge is 2.30. The third kappa shape index (κ3) is 5.68. The fourth-order valence-corrected chi connectivity index (χ4v) is 5.30. The second-order valence-corrected chi connectivity index (χ2v) is 10.1. The monoisotopic (exact) mass is 539 g/mol. The van der Waals surface area contributed by atoms with Crippen molar-refractivity contribution in [2.24, 2.45) is 0 Å². The summed E-state index contributed by atoms with van der Waals surface area (Å²) in [4.78, 5) is 23.5. The summed E-state index contributed by atoms with van der Waals surface area (Å²) in [6.07, 6.45) is 7.84. The average molecular weight is 540 g/mol. The van der Waals surface area contributed by atoms with Gasteiger partial charge in [-0.3, -0.25) is 4.79 Å². The van der Waals surface area contributed by atoms with Crippen molar-refractivity contribution in [2.45, 2.75) is 31.3 Å². The van der Waals surface area contributed by atoms with E-state index in [4.69, 9.17) is 20.3 Å². The molecule has 40 heavy (non-hydrogen) atoms. The van der Waals surface area contributed by atoms with Crippen molar-refractivity contribution in [3.63, 3.8) is 0 Å². The van der Waals surface area contributed by atoms with Gasteiger partial charge in [-0.1, -0.05) is 24.3 Å². The molecule has 3 N–H and O–H groups in total. The van der Waals surface area contributed by atoms with Gasteiger partial charge in [0.15, 0.2) is 5.65 Å². The van der Waals surface area contributed by atoms with Gasteiger partial charge in [-0.05, 0) is 55.7 Å². The van der Waals surface area contributed by atoms with E-state index in [0.717, 1.165) is 49.5 Å². The van der Waals surface area contributed by atoms with E-state index in [1.807, 2.05) is 70.3 Å². The van der Waals surface area contributed by atoms with Crippen LogP contribution in [0.15, 0.2) is 73.1 Å². The van der Waals surface area contributed by atoms with E-state index < -0.39 is 0 Å². The Morgan fingerprint density at radius 1 is 1.05 bits per heavy atom. The van der Waals surface area contributed by atoms with Crippen molar-refractivity contribution >= 4 is 22.8 Å². The maximum absolute atomic E-state index is 12.9. The smallest absolute Gasteiger partial charge is 0.246 e. The average Bonchev–Trinajstić information content (AvgIpc) is 3.63. The Balaban J connectivity index is 1.16. The number of carbonyl (C=O) groups is 1. The topological polar surface area (TPSA) is 120 Å². The minimum Gasteiger partial charge on any atom is -0.457 e. The molecule has 10 nitrogen and oxygen atoms in total. The van der Waals surface area contributed by atoms with E-state index in [-0.39, 0.29) is 11.9 Å². The number of benzene rings is 2. The second-order valence-electron chi connectivity index (χ2n) is 10.1. The standard InChI is InChI=1S/C30H33N7O3/c31-29-27-28(21-8-10-25(11-9-21)40-24-5-2-1-3-6-24)35-37(30(27)34-20-33-29)23-12-16-36(19-23)26(38)7-4-15-32-22-13-17-39-18-14-22/h1-11,20,22-23,32H,12-19H2,(H2,31,33,34)/t23-/m1/s1. The molecule has 1 atom stereocenters. The Hall–Kier alpha value is -4.28. The highest BCUT2D eigenvalue weighted by atomic mass is 16.5. The molecule has 0 aliphatic carbocycles. The SMILES string of the molecule is Nc1ncnc2c1c(-c1ccc(Oc3ccccc3)cc1)nn2[C@@H]1CCN(C(=O)C=CCNC2CCOCC2)C1. The van der Waals surface area contributed by atoms with Crippen molar-refractivity contribution < 1.29 is 14.3 Å². The number of ether oxygens (including phenoxy) is 2. The van der Waals surface area contributed by atoms with Crippen LogP contribution in [0.3, 0.4) is 0 Å². The fraction of sp³-hybridized carbons (Fsp3) is 0.333. The first kappa shape index (κ1) is 26.0. The predicted octanol–water partition coefficient (Wildman–Crippen LogP) is 3.97. The summed E-state index contributed by atoms with van der Waals surface area (Å²) in [6.45, 7) is 3.48.